The molecule has 0 spiro atoms. The average Bonchev–Trinajstić information content (AvgIpc) is 2.88. The minimum atomic E-state index is 0.781. The number of nitrogens with zero attached hydrogens (tertiary/aromatic N) is 2. The number of anilines is 2. The Morgan fingerprint density at radius 1 is 1.59 bits per heavy atom. The van der Waals surface area contributed by atoms with E-state index in [1.807, 2.05) is 23.5 Å². The molecule has 4 nitrogen and oxygen atoms in total. The molecule has 1 atom stereocenters. The molecule has 0 saturated carbocycles. The third-order valence-corrected chi connectivity index (χ3v) is 4.46. The summed E-state index contributed by atoms with van der Waals surface area (Å²) in [6, 6.07) is 0. The largest absolute Gasteiger partial charge is 0.394 e. The van der Waals surface area contributed by atoms with E-state index in [0.717, 1.165) is 42.5 Å². The van der Waals surface area contributed by atoms with E-state index in [9.17, 15) is 0 Å². The number of rotatable bonds is 5. The number of hydrogen-bond donors (Lipinski definition) is 2. The van der Waals surface area contributed by atoms with Crippen molar-refractivity contribution in [1.82, 2.24) is 9.78 Å². The predicted octanol–water partition coefficient (Wildman–Crippen LogP) is 2.12. The summed E-state index contributed by atoms with van der Waals surface area (Å²) in [5, 5.41) is 7.93. The molecule has 17 heavy (non-hydrogen) atoms. The second kappa shape index (κ2) is 5.67. The lowest BCUT2D eigenvalue weighted by molar-refractivity contribution is 0.625. The first kappa shape index (κ1) is 12.6. The van der Waals surface area contributed by atoms with Crippen LogP contribution in [0.25, 0.3) is 0 Å². The topological polar surface area (TPSA) is 55.9 Å². The number of aryl methyl sites for hydroxylation is 2. The van der Waals surface area contributed by atoms with E-state index < -0.39 is 0 Å². The molecule has 1 aliphatic heterocycles. The Kier molecular flexibility index (Phi) is 4.20. The van der Waals surface area contributed by atoms with Gasteiger partial charge < -0.3 is 11.1 Å². The molecule has 96 valence electrons. The Balaban J connectivity index is 1.99. The van der Waals surface area contributed by atoms with Gasteiger partial charge in [0.1, 0.15) is 5.82 Å². The van der Waals surface area contributed by atoms with Crippen LogP contribution in [0.15, 0.2) is 0 Å². The second-order valence-corrected chi connectivity index (χ2v) is 5.84. The van der Waals surface area contributed by atoms with Crippen molar-refractivity contribution in [1.29, 1.82) is 0 Å². The van der Waals surface area contributed by atoms with Gasteiger partial charge in [-0.05, 0) is 30.3 Å². The minimum absolute atomic E-state index is 0.781. The van der Waals surface area contributed by atoms with Crippen molar-refractivity contribution in [3.8, 4) is 0 Å². The molecular formula is C12H22N4S. The summed E-state index contributed by atoms with van der Waals surface area (Å²) >= 11 is 2.05. The first-order chi connectivity index (χ1) is 8.22. The van der Waals surface area contributed by atoms with Gasteiger partial charge in [-0.1, -0.05) is 13.3 Å². The Labute approximate surface area is 107 Å². The lowest BCUT2D eigenvalue weighted by Gasteiger charge is -2.11. The van der Waals surface area contributed by atoms with E-state index >= 15 is 0 Å². The quantitative estimate of drug-likeness (QED) is 0.845. The maximum atomic E-state index is 6.12. The Morgan fingerprint density at radius 3 is 3.06 bits per heavy atom. The maximum Gasteiger partial charge on any atom is 0.147 e. The van der Waals surface area contributed by atoms with E-state index in [2.05, 4.69) is 17.3 Å². The fourth-order valence-corrected chi connectivity index (χ4v) is 3.50. The third kappa shape index (κ3) is 2.89. The van der Waals surface area contributed by atoms with E-state index in [1.54, 1.807) is 0 Å². The van der Waals surface area contributed by atoms with Crippen LogP contribution in [-0.4, -0.2) is 27.8 Å². The molecule has 2 heterocycles. The lowest BCUT2D eigenvalue weighted by Crippen LogP contribution is -2.16. The summed E-state index contributed by atoms with van der Waals surface area (Å²) in [7, 11) is 1.96. The van der Waals surface area contributed by atoms with Crippen molar-refractivity contribution in [2.24, 2.45) is 13.0 Å². The van der Waals surface area contributed by atoms with E-state index in [1.165, 1.54) is 17.9 Å². The van der Waals surface area contributed by atoms with Crippen molar-refractivity contribution in [2.45, 2.75) is 26.2 Å². The molecule has 1 aromatic heterocycles. The molecule has 0 radical (unpaired) electrons. The molecule has 0 aliphatic carbocycles. The summed E-state index contributed by atoms with van der Waals surface area (Å²) in [4.78, 5) is 0. The summed E-state index contributed by atoms with van der Waals surface area (Å²) in [6.45, 7) is 3.17. The number of hydrogen-bond acceptors (Lipinski definition) is 4. The van der Waals surface area contributed by atoms with Crippen molar-refractivity contribution in [3.63, 3.8) is 0 Å². The average molecular weight is 254 g/mol. The summed E-state index contributed by atoms with van der Waals surface area (Å²) in [5.74, 6) is 4.34. The Hall–Kier alpha value is -0.840. The summed E-state index contributed by atoms with van der Waals surface area (Å²) in [6.07, 6.45) is 3.36. The van der Waals surface area contributed by atoms with E-state index in [4.69, 9.17) is 5.73 Å². The molecule has 2 rings (SSSR count). The highest BCUT2D eigenvalue weighted by Crippen LogP contribution is 2.26. The molecule has 1 fully saturated rings. The normalized spacial score (nSPS) is 19.8. The maximum absolute atomic E-state index is 6.12. The first-order valence-electron chi connectivity index (χ1n) is 6.35. The smallest absolute Gasteiger partial charge is 0.147 e. The molecule has 1 aliphatic rings. The van der Waals surface area contributed by atoms with Crippen molar-refractivity contribution < 1.29 is 0 Å². The molecule has 3 N–H and O–H groups in total. The fraction of sp³-hybridized carbons (Fsp3) is 0.750. The fourth-order valence-electron chi connectivity index (χ4n) is 2.21. The van der Waals surface area contributed by atoms with Gasteiger partial charge in [-0.2, -0.15) is 16.9 Å². The second-order valence-electron chi connectivity index (χ2n) is 4.69. The van der Waals surface area contributed by atoms with Crippen LogP contribution < -0.4 is 11.1 Å². The predicted molar refractivity (Wildman–Crippen MR) is 75.5 cm³/mol. The number of nitrogens with one attached hydrogen (secondary N) is 1. The molecule has 1 aromatic rings. The number of thioether (sulfide) groups is 1. The van der Waals surface area contributed by atoms with Gasteiger partial charge in [0, 0.05) is 13.6 Å². The van der Waals surface area contributed by atoms with Gasteiger partial charge in [0.25, 0.3) is 0 Å². The van der Waals surface area contributed by atoms with Crippen molar-refractivity contribution in [2.75, 3.05) is 29.1 Å². The van der Waals surface area contributed by atoms with Crippen molar-refractivity contribution in [3.05, 3.63) is 5.69 Å². The standard InChI is InChI=1S/C12H22N4S/c1-3-4-10-11(13)12(16(2)15-10)14-7-9-5-6-17-8-9/h9,14H,3-8,13H2,1-2H3. The van der Waals surface area contributed by atoms with Gasteiger partial charge in [-0.3, -0.25) is 4.68 Å². The Morgan fingerprint density at radius 2 is 2.41 bits per heavy atom. The number of aromatic nitrogens is 2. The zero-order chi connectivity index (χ0) is 12.3. The van der Waals surface area contributed by atoms with Crippen LogP contribution in [0.5, 0.6) is 0 Å². The summed E-state index contributed by atoms with van der Waals surface area (Å²) in [5.41, 5.74) is 7.98. The van der Waals surface area contributed by atoms with E-state index in [-0.39, 0.29) is 0 Å². The van der Waals surface area contributed by atoms with Crippen LogP contribution in [0, 0.1) is 5.92 Å². The highest BCUT2D eigenvalue weighted by Gasteiger charge is 2.17. The monoisotopic (exact) mass is 254 g/mol. The molecule has 0 aromatic carbocycles. The van der Waals surface area contributed by atoms with Crippen LogP contribution in [-0.2, 0) is 13.5 Å². The molecular weight excluding hydrogens is 232 g/mol. The zero-order valence-corrected chi connectivity index (χ0v) is 11.5. The molecule has 5 heteroatoms. The van der Waals surface area contributed by atoms with Crippen LogP contribution in [0.1, 0.15) is 25.5 Å². The van der Waals surface area contributed by atoms with Gasteiger partial charge in [0.05, 0.1) is 11.4 Å². The molecule has 1 saturated heterocycles. The minimum Gasteiger partial charge on any atom is -0.394 e. The van der Waals surface area contributed by atoms with Gasteiger partial charge in [-0.25, -0.2) is 0 Å². The number of nitrogens with two attached hydrogens (primary N) is 1. The molecule has 0 bridgehead atoms. The van der Waals surface area contributed by atoms with Crippen LogP contribution in [0.4, 0.5) is 11.5 Å². The number of nitrogen functional groups attached to an aromatic ring is 1. The molecule has 1 unspecified atom stereocenters. The zero-order valence-electron chi connectivity index (χ0n) is 10.7. The van der Waals surface area contributed by atoms with Crippen LogP contribution >= 0.6 is 11.8 Å². The van der Waals surface area contributed by atoms with Crippen LogP contribution in [0.2, 0.25) is 0 Å². The van der Waals surface area contributed by atoms with Gasteiger partial charge in [0.2, 0.25) is 0 Å². The van der Waals surface area contributed by atoms with E-state index in [0.29, 0.717) is 0 Å². The summed E-state index contributed by atoms with van der Waals surface area (Å²) < 4.78 is 1.88. The third-order valence-electron chi connectivity index (χ3n) is 3.23. The lowest BCUT2D eigenvalue weighted by atomic mass is 10.1. The highest BCUT2D eigenvalue weighted by molar-refractivity contribution is 7.99. The first-order valence-corrected chi connectivity index (χ1v) is 7.50. The Bertz CT molecular complexity index is 369. The SMILES string of the molecule is CCCc1nn(C)c(NCC2CCSC2)c1N. The van der Waals surface area contributed by atoms with Crippen LogP contribution in [0.3, 0.4) is 0 Å². The molecule has 0 amide bonds. The highest BCUT2D eigenvalue weighted by atomic mass is 32.2. The van der Waals surface area contributed by atoms with Gasteiger partial charge in [0.15, 0.2) is 0 Å². The van der Waals surface area contributed by atoms with Crippen molar-refractivity contribution >= 4 is 23.3 Å². The van der Waals surface area contributed by atoms with Gasteiger partial charge >= 0.3 is 0 Å². The van der Waals surface area contributed by atoms with Gasteiger partial charge in [-0.15, -0.1) is 0 Å².